The molecule has 1 fully saturated rings. The Morgan fingerprint density at radius 2 is 2.17 bits per heavy atom. The monoisotopic (exact) mass is 307 g/mol. The third-order valence-corrected chi connectivity index (χ3v) is 3.94. The number of nitrogens with zero attached hydrogens (tertiary/aromatic N) is 4. The molecule has 23 heavy (non-hydrogen) atoms. The minimum absolute atomic E-state index is 0.447. The zero-order valence-corrected chi connectivity index (χ0v) is 12.6. The quantitative estimate of drug-likeness (QED) is 0.781. The molecule has 0 saturated carbocycles. The van der Waals surface area contributed by atoms with E-state index in [-0.39, 0.29) is 0 Å². The molecule has 1 aliphatic heterocycles. The van der Waals surface area contributed by atoms with Crippen molar-refractivity contribution in [2.45, 2.75) is 12.6 Å². The van der Waals surface area contributed by atoms with Gasteiger partial charge in [-0.2, -0.15) is 0 Å². The number of anilines is 1. The van der Waals surface area contributed by atoms with Crippen molar-refractivity contribution in [3.63, 3.8) is 0 Å². The van der Waals surface area contributed by atoms with Gasteiger partial charge in [0.1, 0.15) is 12.1 Å². The van der Waals surface area contributed by atoms with E-state index in [4.69, 9.17) is 4.42 Å². The highest BCUT2D eigenvalue weighted by atomic mass is 16.3. The van der Waals surface area contributed by atoms with Gasteiger partial charge < -0.3 is 9.73 Å². The smallest absolute Gasteiger partial charge is 0.181 e. The number of hydrogen-bond acceptors (Lipinski definition) is 6. The fourth-order valence-electron chi connectivity index (χ4n) is 2.81. The van der Waals surface area contributed by atoms with Gasteiger partial charge in [0.15, 0.2) is 12.2 Å². The van der Waals surface area contributed by atoms with Gasteiger partial charge in [-0.1, -0.05) is 18.2 Å². The number of rotatable bonds is 5. The third-order valence-electron chi connectivity index (χ3n) is 3.94. The fraction of sp³-hybridized carbons (Fsp3) is 0.235. The molecule has 0 amide bonds. The maximum absolute atomic E-state index is 5.36. The molecular formula is C17H17N5O. The number of nitrogens with one attached hydrogen (secondary N) is 1. The second-order valence-electron chi connectivity index (χ2n) is 5.70. The SMILES string of the molecule is c1cc(CN2CC(Nc3ccncn3)C2)cc(-c2cnco2)c1. The fourth-order valence-corrected chi connectivity index (χ4v) is 2.81. The van der Waals surface area contributed by atoms with E-state index < -0.39 is 0 Å². The first-order valence-corrected chi connectivity index (χ1v) is 7.59. The molecule has 0 radical (unpaired) electrons. The van der Waals surface area contributed by atoms with Crippen molar-refractivity contribution in [3.05, 3.63) is 61.0 Å². The summed E-state index contributed by atoms with van der Waals surface area (Å²) in [4.78, 5) is 14.5. The van der Waals surface area contributed by atoms with Gasteiger partial charge in [-0.05, 0) is 17.7 Å². The van der Waals surface area contributed by atoms with Gasteiger partial charge in [-0.3, -0.25) is 4.90 Å². The Labute approximate surface area is 134 Å². The minimum atomic E-state index is 0.447. The molecule has 2 aromatic heterocycles. The van der Waals surface area contributed by atoms with Crippen molar-refractivity contribution in [1.82, 2.24) is 19.9 Å². The molecule has 1 aromatic carbocycles. The van der Waals surface area contributed by atoms with Gasteiger partial charge in [-0.15, -0.1) is 0 Å². The lowest BCUT2D eigenvalue weighted by Gasteiger charge is -2.39. The Bertz CT molecular complexity index is 754. The second-order valence-corrected chi connectivity index (χ2v) is 5.70. The molecule has 3 aromatic rings. The van der Waals surface area contributed by atoms with E-state index in [2.05, 4.69) is 43.4 Å². The number of likely N-dealkylation sites (tertiary alicyclic amines) is 1. The summed E-state index contributed by atoms with van der Waals surface area (Å²) < 4.78 is 5.36. The van der Waals surface area contributed by atoms with Crippen LogP contribution in [0.2, 0.25) is 0 Å². The minimum Gasteiger partial charge on any atom is -0.444 e. The average molecular weight is 307 g/mol. The zero-order valence-electron chi connectivity index (χ0n) is 12.6. The van der Waals surface area contributed by atoms with Crippen LogP contribution in [0.25, 0.3) is 11.3 Å². The molecule has 6 heteroatoms. The summed E-state index contributed by atoms with van der Waals surface area (Å²) in [6.07, 6.45) is 6.51. The molecule has 0 atom stereocenters. The molecule has 6 nitrogen and oxygen atoms in total. The molecule has 4 rings (SSSR count). The van der Waals surface area contributed by atoms with Gasteiger partial charge in [-0.25, -0.2) is 15.0 Å². The maximum atomic E-state index is 5.36. The van der Waals surface area contributed by atoms with Crippen molar-refractivity contribution >= 4 is 5.82 Å². The van der Waals surface area contributed by atoms with E-state index in [1.807, 2.05) is 12.1 Å². The molecule has 1 aliphatic rings. The average Bonchev–Trinajstić information content (AvgIpc) is 3.09. The lowest BCUT2D eigenvalue weighted by Crippen LogP contribution is -2.54. The lowest BCUT2D eigenvalue weighted by molar-refractivity contribution is 0.153. The molecule has 1 N–H and O–H groups in total. The summed E-state index contributed by atoms with van der Waals surface area (Å²) in [5.41, 5.74) is 2.34. The van der Waals surface area contributed by atoms with Gasteiger partial charge in [0.25, 0.3) is 0 Å². The normalized spacial score (nSPS) is 15.3. The van der Waals surface area contributed by atoms with Crippen molar-refractivity contribution < 1.29 is 4.42 Å². The first-order chi connectivity index (χ1) is 11.4. The standard InChI is InChI=1S/C17H17N5O/c1-2-13(6-14(3-1)16-7-19-12-23-16)8-22-9-15(10-22)21-17-4-5-18-11-20-17/h1-7,11-12,15H,8-10H2,(H,18,20,21). The zero-order chi connectivity index (χ0) is 15.5. The number of hydrogen-bond donors (Lipinski definition) is 1. The number of aromatic nitrogens is 3. The van der Waals surface area contributed by atoms with Crippen LogP contribution >= 0.6 is 0 Å². The summed E-state index contributed by atoms with van der Waals surface area (Å²) in [6, 6.07) is 10.7. The van der Waals surface area contributed by atoms with E-state index in [1.54, 1.807) is 18.7 Å². The van der Waals surface area contributed by atoms with E-state index in [1.165, 1.54) is 12.0 Å². The highest BCUT2D eigenvalue weighted by Crippen LogP contribution is 2.22. The molecule has 3 heterocycles. The molecule has 0 spiro atoms. The van der Waals surface area contributed by atoms with Crippen molar-refractivity contribution in [2.75, 3.05) is 18.4 Å². The summed E-state index contributed by atoms with van der Waals surface area (Å²) in [5, 5.41) is 3.41. The largest absolute Gasteiger partial charge is 0.444 e. The van der Waals surface area contributed by atoms with Gasteiger partial charge >= 0.3 is 0 Å². The van der Waals surface area contributed by atoms with E-state index in [9.17, 15) is 0 Å². The van der Waals surface area contributed by atoms with Crippen molar-refractivity contribution in [3.8, 4) is 11.3 Å². The topological polar surface area (TPSA) is 67.1 Å². The van der Waals surface area contributed by atoms with Crippen LogP contribution < -0.4 is 5.32 Å². The highest BCUT2D eigenvalue weighted by Gasteiger charge is 2.26. The van der Waals surface area contributed by atoms with Gasteiger partial charge in [0.05, 0.1) is 12.2 Å². The summed E-state index contributed by atoms with van der Waals surface area (Å²) in [7, 11) is 0. The highest BCUT2D eigenvalue weighted by molar-refractivity contribution is 5.57. The summed E-state index contributed by atoms with van der Waals surface area (Å²) in [6.45, 7) is 2.96. The molecule has 0 unspecified atom stereocenters. The third kappa shape index (κ3) is 3.22. The predicted molar refractivity (Wildman–Crippen MR) is 86.7 cm³/mol. The molecule has 116 valence electrons. The van der Waals surface area contributed by atoms with E-state index in [0.717, 1.165) is 36.8 Å². The van der Waals surface area contributed by atoms with Crippen LogP contribution in [0.1, 0.15) is 5.56 Å². The summed E-state index contributed by atoms with van der Waals surface area (Å²) in [5.74, 6) is 1.69. The van der Waals surface area contributed by atoms with Crippen molar-refractivity contribution in [1.29, 1.82) is 0 Å². The predicted octanol–water partition coefficient (Wildman–Crippen LogP) is 2.43. The van der Waals surface area contributed by atoms with Gasteiger partial charge in [0, 0.05) is 31.4 Å². The van der Waals surface area contributed by atoms with E-state index in [0.29, 0.717) is 6.04 Å². The molecular weight excluding hydrogens is 290 g/mol. The van der Waals surface area contributed by atoms with Crippen LogP contribution in [0.4, 0.5) is 5.82 Å². The summed E-state index contributed by atoms with van der Waals surface area (Å²) >= 11 is 0. The van der Waals surface area contributed by atoms with Gasteiger partial charge in [0.2, 0.25) is 0 Å². The van der Waals surface area contributed by atoms with Crippen LogP contribution in [0.5, 0.6) is 0 Å². The Balaban J connectivity index is 1.33. The maximum Gasteiger partial charge on any atom is 0.181 e. The Morgan fingerprint density at radius 1 is 1.22 bits per heavy atom. The molecule has 0 bridgehead atoms. The first-order valence-electron chi connectivity index (χ1n) is 7.59. The lowest BCUT2D eigenvalue weighted by atomic mass is 10.0. The van der Waals surface area contributed by atoms with Crippen molar-refractivity contribution in [2.24, 2.45) is 0 Å². The van der Waals surface area contributed by atoms with Crippen LogP contribution in [0, 0.1) is 0 Å². The number of oxazole rings is 1. The Morgan fingerprint density at radius 3 is 2.96 bits per heavy atom. The molecule has 0 aliphatic carbocycles. The first kappa shape index (κ1) is 13.9. The van der Waals surface area contributed by atoms with Crippen LogP contribution in [0.3, 0.4) is 0 Å². The van der Waals surface area contributed by atoms with Crippen LogP contribution in [0.15, 0.2) is 59.9 Å². The second kappa shape index (κ2) is 6.18. The Kier molecular flexibility index (Phi) is 3.73. The Hall–Kier alpha value is -2.73. The van der Waals surface area contributed by atoms with Crippen LogP contribution in [-0.4, -0.2) is 39.0 Å². The van der Waals surface area contributed by atoms with E-state index >= 15 is 0 Å². The number of benzene rings is 1. The van der Waals surface area contributed by atoms with Crippen LogP contribution in [-0.2, 0) is 6.54 Å². The molecule has 1 saturated heterocycles.